The zero-order chi connectivity index (χ0) is 13.8. The van der Waals surface area contributed by atoms with E-state index in [1.165, 1.54) is 12.1 Å². The molecule has 0 aliphatic heterocycles. The Morgan fingerprint density at radius 2 is 1.83 bits per heavy atom. The topological polar surface area (TPSA) is 93.1 Å². The molecule has 18 heavy (non-hydrogen) atoms. The molecule has 1 rings (SSSR count). The molecule has 0 unspecified atom stereocenters. The average Bonchev–Trinajstić information content (AvgIpc) is 2.25. The van der Waals surface area contributed by atoms with E-state index in [4.69, 9.17) is 14.5 Å². The maximum atomic E-state index is 11.2. The lowest BCUT2D eigenvalue weighted by atomic mass is 10.2. The molecule has 100 valence electrons. The summed E-state index contributed by atoms with van der Waals surface area (Å²) in [7, 11) is -4.53. The summed E-state index contributed by atoms with van der Waals surface area (Å²) in [5, 5.41) is 0. The second-order valence-corrected chi connectivity index (χ2v) is 5.15. The SMILES string of the molecule is CC(C)C(=O)OCc1ccc(OP(=O)(O)O)cc1. The highest BCUT2D eigenvalue weighted by molar-refractivity contribution is 7.46. The standard InChI is InChI=1S/C11H15O6P/c1-8(2)11(12)16-7-9-3-5-10(6-4-9)17-18(13,14)15/h3-6,8H,7H2,1-2H3,(H2,13,14,15). The number of benzene rings is 1. The fourth-order valence-corrected chi connectivity index (χ4v) is 1.50. The predicted molar refractivity (Wildman–Crippen MR) is 63.7 cm³/mol. The first-order valence-electron chi connectivity index (χ1n) is 5.28. The van der Waals surface area contributed by atoms with E-state index in [0.29, 0.717) is 5.56 Å². The molecule has 0 heterocycles. The number of hydrogen-bond acceptors (Lipinski definition) is 4. The summed E-state index contributed by atoms with van der Waals surface area (Å²) in [6.45, 7) is 3.59. The number of phosphoric acid groups is 1. The van der Waals surface area contributed by atoms with E-state index in [9.17, 15) is 9.36 Å². The van der Waals surface area contributed by atoms with Crippen molar-refractivity contribution in [2.75, 3.05) is 0 Å². The highest BCUT2D eigenvalue weighted by atomic mass is 31.2. The van der Waals surface area contributed by atoms with Crippen LogP contribution < -0.4 is 4.52 Å². The molecule has 1 aromatic carbocycles. The van der Waals surface area contributed by atoms with Gasteiger partial charge in [-0.2, -0.15) is 0 Å². The van der Waals surface area contributed by atoms with Gasteiger partial charge >= 0.3 is 13.8 Å². The lowest BCUT2D eigenvalue weighted by molar-refractivity contribution is -0.148. The van der Waals surface area contributed by atoms with E-state index in [1.54, 1.807) is 26.0 Å². The normalized spacial score (nSPS) is 11.4. The molecule has 6 nitrogen and oxygen atoms in total. The van der Waals surface area contributed by atoms with Crippen molar-refractivity contribution in [2.24, 2.45) is 5.92 Å². The molecule has 1 aromatic rings. The van der Waals surface area contributed by atoms with Crippen LogP contribution >= 0.6 is 7.82 Å². The number of rotatable bonds is 5. The number of esters is 1. The summed E-state index contributed by atoms with van der Waals surface area (Å²) in [5.41, 5.74) is 0.710. The van der Waals surface area contributed by atoms with Crippen LogP contribution in [-0.2, 0) is 20.7 Å². The first-order valence-corrected chi connectivity index (χ1v) is 6.81. The van der Waals surface area contributed by atoms with Gasteiger partial charge < -0.3 is 9.26 Å². The van der Waals surface area contributed by atoms with E-state index >= 15 is 0 Å². The van der Waals surface area contributed by atoms with E-state index < -0.39 is 7.82 Å². The third-order valence-electron chi connectivity index (χ3n) is 2.00. The summed E-state index contributed by atoms with van der Waals surface area (Å²) in [6, 6.07) is 5.94. The quantitative estimate of drug-likeness (QED) is 0.628. The van der Waals surface area contributed by atoms with Crippen molar-refractivity contribution in [3.63, 3.8) is 0 Å². The predicted octanol–water partition coefficient (Wildman–Crippen LogP) is 1.86. The Hall–Kier alpha value is -1.36. The van der Waals surface area contributed by atoms with Gasteiger partial charge in [0.2, 0.25) is 0 Å². The molecule has 0 atom stereocenters. The Morgan fingerprint density at radius 3 is 2.28 bits per heavy atom. The van der Waals surface area contributed by atoms with E-state index in [1.807, 2.05) is 0 Å². The van der Waals surface area contributed by atoms with Crippen LogP contribution in [0.4, 0.5) is 0 Å². The molecule has 0 spiro atoms. The van der Waals surface area contributed by atoms with Gasteiger partial charge in [-0.1, -0.05) is 26.0 Å². The smallest absolute Gasteiger partial charge is 0.461 e. The number of phosphoric ester groups is 1. The minimum atomic E-state index is -4.53. The van der Waals surface area contributed by atoms with Crippen LogP contribution in [0.2, 0.25) is 0 Å². The van der Waals surface area contributed by atoms with Crippen molar-refractivity contribution in [2.45, 2.75) is 20.5 Å². The van der Waals surface area contributed by atoms with Crippen molar-refractivity contribution >= 4 is 13.8 Å². The molecule has 0 radical (unpaired) electrons. The minimum Gasteiger partial charge on any atom is -0.461 e. The Kier molecular flexibility index (Phi) is 4.90. The van der Waals surface area contributed by atoms with Gasteiger partial charge in [0.1, 0.15) is 12.4 Å². The number of carbonyl (C=O) groups is 1. The molecule has 0 bridgehead atoms. The van der Waals surface area contributed by atoms with E-state index in [2.05, 4.69) is 4.52 Å². The van der Waals surface area contributed by atoms with Gasteiger partial charge in [-0.15, -0.1) is 0 Å². The van der Waals surface area contributed by atoms with Gasteiger partial charge in [0.05, 0.1) is 5.92 Å². The molecule has 0 aromatic heterocycles. The van der Waals surface area contributed by atoms with Crippen LogP contribution in [0.3, 0.4) is 0 Å². The Labute approximate surface area is 105 Å². The van der Waals surface area contributed by atoms with Crippen molar-refractivity contribution in [3.05, 3.63) is 29.8 Å². The summed E-state index contributed by atoms with van der Waals surface area (Å²) < 4.78 is 20.0. The van der Waals surface area contributed by atoms with Crippen molar-refractivity contribution < 1.29 is 28.4 Å². The largest absolute Gasteiger partial charge is 0.524 e. The maximum absolute atomic E-state index is 11.2. The zero-order valence-corrected chi connectivity index (χ0v) is 11.0. The Bertz CT molecular complexity index is 447. The molecule has 0 aliphatic carbocycles. The average molecular weight is 274 g/mol. The molecule has 0 amide bonds. The van der Waals surface area contributed by atoms with Gasteiger partial charge in [0, 0.05) is 0 Å². The molecule has 0 saturated carbocycles. The fraction of sp³-hybridized carbons (Fsp3) is 0.364. The summed E-state index contributed by atoms with van der Waals surface area (Å²) in [6.07, 6.45) is 0. The van der Waals surface area contributed by atoms with Crippen molar-refractivity contribution in [1.82, 2.24) is 0 Å². The summed E-state index contributed by atoms with van der Waals surface area (Å²) in [5.74, 6) is -0.435. The van der Waals surface area contributed by atoms with Crippen LogP contribution in [0.1, 0.15) is 19.4 Å². The maximum Gasteiger partial charge on any atom is 0.524 e. The first kappa shape index (κ1) is 14.7. The van der Waals surface area contributed by atoms with Crippen LogP contribution in [-0.4, -0.2) is 15.8 Å². The Balaban J connectivity index is 2.56. The third kappa shape index (κ3) is 5.31. The van der Waals surface area contributed by atoms with E-state index in [-0.39, 0.29) is 24.2 Å². The van der Waals surface area contributed by atoms with Gasteiger partial charge in [0.25, 0.3) is 0 Å². The number of ether oxygens (including phenoxy) is 1. The monoisotopic (exact) mass is 274 g/mol. The lowest BCUT2D eigenvalue weighted by Gasteiger charge is -2.09. The summed E-state index contributed by atoms with van der Waals surface area (Å²) in [4.78, 5) is 28.4. The minimum absolute atomic E-state index is 0.0577. The van der Waals surface area contributed by atoms with Gasteiger partial charge in [-0.25, -0.2) is 4.57 Å². The van der Waals surface area contributed by atoms with Crippen LogP contribution in [0, 0.1) is 5.92 Å². The van der Waals surface area contributed by atoms with Crippen LogP contribution in [0.25, 0.3) is 0 Å². The van der Waals surface area contributed by atoms with Crippen LogP contribution in [0.5, 0.6) is 5.75 Å². The van der Waals surface area contributed by atoms with Crippen LogP contribution in [0.15, 0.2) is 24.3 Å². The fourth-order valence-electron chi connectivity index (χ4n) is 1.10. The lowest BCUT2D eigenvalue weighted by Crippen LogP contribution is -2.11. The molecule has 0 aliphatic rings. The molecule has 7 heteroatoms. The summed E-state index contributed by atoms with van der Waals surface area (Å²) >= 11 is 0. The molecule has 0 saturated heterocycles. The zero-order valence-electron chi connectivity index (χ0n) is 10.1. The van der Waals surface area contributed by atoms with Gasteiger partial charge in [0.15, 0.2) is 0 Å². The number of carbonyl (C=O) groups excluding carboxylic acids is 1. The third-order valence-corrected chi connectivity index (χ3v) is 2.45. The number of hydrogen-bond donors (Lipinski definition) is 2. The molecular formula is C11H15O6P. The molecular weight excluding hydrogens is 259 g/mol. The first-order chi connectivity index (χ1) is 8.28. The van der Waals surface area contributed by atoms with Crippen molar-refractivity contribution in [1.29, 1.82) is 0 Å². The molecule has 0 fully saturated rings. The second kappa shape index (κ2) is 6.00. The highest BCUT2D eigenvalue weighted by Crippen LogP contribution is 2.37. The van der Waals surface area contributed by atoms with Crippen molar-refractivity contribution in [3.8, 4) is 5.75 Å². The van der Waals surface area contributed by atoms with Gasteiger partial charge in [-0.3, -0.25) is 14.6 Å². The highest BCUT2D eigenvalue weighted by Gasteiger charge is 2.15. The van der Waals surface area contributed by atoms with Gasteiger partial charge in [-0.05, 0) is 17.7 Å². The second-order valence-electron chi connectivity index (χ2n) is 3.99. The Morgan fingerprint density at radius 1 is 1.28 bits per heavy atom. The van der Waals surface area contributed by atoms with E-state index in [0.717, 1.165) is 0 Å². The molecule has 2 N–H and O–H groups in total.